The van der Waals surface area contributed by atoms with E-state index in [-0.39, 0.29) is 11.6 Å². The molecule has 1 amide bonds. The van der Waals surface area contributed by atoms with Crippen LogP contribution in [-0.2, 0) is 0 Å². The molecule has 0 saturated carbocycles. The van der Waals surface area contributed by atoms with Crippen LogP contribution < -0.4 is 5.32 Å². The summed E-state index contributed by atoms with van der Waals surface area (Å²) in [5.41, 5.74) is 5.05. The number of nitrogens with one attached hydrogen (secondary N) is 1. The monoisotopic (exact) mass is 434 g/mol. The van der Waals surface area contributed by atoms with Crippen LogP contribution >= 0.6 is 11.6 Å². The van der Waals surface area contributed by atoms with Crippen LogP contribution in [-0.4, -0.2) is 20.7 Å². The van der Waals surface area contributed by atoms with Crippen LogP contribution in [0, 0.1) is 26.6 Å². The lowest BCUT2D eigenvalue weighted by molar-refractivity contribution is 0.101. The fourth-order valence-electron chi connectivity index (χ4n) is 3.09. The number of anilines is 1. The summed E-state index contributed by atoms with van der Waals surface area (Å²) in [6, 6.07) is 17.0. The third kappa shape index (κ3) is 4.34. The smallest absolute Gasteiger partial charge is 0.295 e. The predicted molar refractivity (Wildman–Crippen MR) is 120 cm³/mol. The first-order valence-electron chi connectivity index (χ1n) is 9.70. The highest BCUT2D eigenvalue weighted by Gasteiger charge is 2.19. The van der Waals surface area contributed by atoms with Crippen molar-refractivity contribution >= 4 is 23.2 Å². The Balaban J connectivity index is 1.76. The van der Waals surface area contributed by atoms with Crippen molar-refractivity contribution in [1.29, 1.82) is 0 Å². The zero-order valence-electron chi connectivity index (χ0n) is 17.3. The van der Waals surface area contributed by atoms with E-state index >= 15 is 0 Å². The number of hydrogen-bond acceptors (Lipinski definition) is 3. The van der Waals surface area contributed by atoms with Gasteiger partial charge in [0, 0.05) is 16.3 Å². The van der Waals surface area contributed by atoms with E-state index in [1.165, 1.54) is 16.8 Å². The van der Waals surface area contributed by atoms with Crippen molar-refractivity contribution in [2.24, 2.45) is 0 Å². The molecule has 31 heavy (non-hydrogen) atoms. The Kier molecular flexibility index (Phi) is 5.57. The fraction of sp³-hybridized carbons (Fsp3) is 0.125. The maximum Gasteiger partial charge on any atom is 0.295 e. The standard InChI is InChI=1S/C24H20ClFN4O/c1-14-4-10-19(12-16(14)3)27-24(31)22-28-23(17-6-8-18(26)9-7-17)30(29-22)20-11-5-15(2)21(25)13-20/h4-13H,1-3H3,(H,27,31). The van der Waals surface area contributed by atoms with Gasteiger partial charge in [0.05, 0.1) is 5.69 Å². The van der Waals surface area contributed by atoms with Gasteiger partial charge in [-0.3, -0.25) is 4.79 Å². The highest BCUT2D eigenvalue weighted by atomic mass is 35.5. The van der Waals surface area contributed by atoms with E-state index in [0.717, 1.165) is 16.7 Å². The van der Waals surface area contributed by atoms with Gasteiger partial charge in [-0.2, -0.15) is 0 Å². The lowest BCUT2D eigenvalue weighted by Crippen LogP contribution is -2.14. The van der Waals surface area contributed by atoms with Crippen molar-refractivity contribution in [2.45, 2.75) is 20.8 Å². The molecule has 0 bridgehead atoms. The highest BCUT2D eigenvalue weighted by molar-refractivity contribution is 6.31. The molecule has 4 rings (SSSR count). The van der Waals surface area contributed by atoms with Crippen molar-refractivity contribution in [1.82, 2.24) is 14.8 Å². The summed E-state index contributed by atoms with van der Waals surface area (Å²) in [7, 11) is 0. The lowest BCUT2D eigenvalue weighted by atomic mass is 10.1. The molecule has 156 valence electrons. The minimum Gasteiger partial charge on any atom is -0.319 e. The minimum absolute atomic E-state index is 0.00532. The van der Waals surface area contributed by atoms with E-state index in [9.17, 15) is 9.18 Å². The number of aryl methyl sites for hydroxylation is 3. The molecule has 1 N–H and O–H groups in total. The highest BCUT2D eigenvalue weighted by Crippen LogP contribution is 2.25. The van der Waals surface area contributed by atoms with Gasteiger partial charge in [0.25, 0.3) is 5.91 Å². The number of nitrogens with zero attached hydrogens (tertiary/aromatic N) is 3. The number of amides is 1. The lowest BCUT2D eigenvalue weighted by Gasteiger charge is -2.07. The van der Waals surface area contributed by atoms with Crippen LogP contribution in [0.2, 0.25) is 5.02 Å². The molecule has 0 atom stereocenters. The van der Waals surface area contributed by atoms with E-state index in [2.05, 4.69) is 15.4 Å². The summed E-state index contributed by atoms with van der Waals surface area (Å²) >= 11 is 6.30. The average molecular weight is 435 g/mol. The summed E-state index contributed by atoms with van der Waals surface area (Å²) in [5, 5.41) is 7.83. The SMILES string of the molecule is Cc1ccc(NC(=O)c2nc(-c3ccc(F)cc3)n(-c3ccc(C)c(Cl)c3)n2)cc1C. The van der Waals surface area contributed by atoms with E-state index < -0.39 is 5.91 Å². The second kappa shape index (κ2) is 8.32. The molecule has 0 fully saturated rings. The molecular weight excluding hydrogens is 415 g/mol. The van der Waals surface area contributed by atoms with E-state index in [0.29, 0.717) is 27.8 Å². The van der Waals surface area contributed by atoms with Gasteiger partial charge in [-0.05, 0) is 86.0 Å². The zero-order chi connectivity index (χ0) is 22.1. The number of carbonyl (C=O) groups is 1. The van der Waals surface area contributed by atoms with E-state index in [1.54, 1.807) is 18.2 Å². The van der Waals surface area contributed by atoms with E-state index in [1.807, 2.05) is 51.1 Å². The topological polar surface area (TPSA) is 59.8 Å². The first-order chi connectivity index (χ1) is 14.8. The van der Waals surface area contributed by atoms with Crippen LogP contribution in [0.15, 0.2) is 60.7 Å². The van der Waals surface area contributed by atoms with Gasteiger partial charge in [0.15, 0.2) is 5.82 Å². The Morgan fingerprint density at radius 3 is 2.32 bits per heavy atom. The second-order valence-corrected chi connectivity index (χ2v) is 7.77. The molecule has 5 nitrogen and oxygen atoms in total. The molecule has 0 unspecified atom stereocenters. The Hall–Kier alpha value is -3.51. The molecule has 0 radical (unpaired) electrons. The van der Waals surface area contributed by atoms with Gasteiger partial charge in [0.2, 0.25) is 5.82 Å². The first-order valence-corrected chi connectivity index (χ1v) is 10.1. The van der Waals surface area contributed by atoms with Crippen molar-refractivity contribution in [3.05, 3.63) is 94.0 Å². The molecule has 0 aliphatic carbocycles. The molecule has 4 aromatic rings. The largest absolute Gasteiger partial charge is 0.319 e. The van der Waals surface area contributed by atoms with E-state index in [4.69, 9.17) is 11.6 Å². The van der Waals surface area contributed by atoms with Crippen LogP contribution in [0.5, 0.6) is 0 Å². The molecule has 7 heteroatoms. The molecule has 0 spiro atoms. The van der Waals surface area contributed by atoms with Crippen molar-refractivity contribution in [3.63, 3.8) is 0 Å². The molecule has 0 aliphatic rings. The Morgan fingerprint density at radius 1 is 0.935 bits per heavy atom. The maximum atomic E-state index is 13.4. The molecule has 3 aromatic carbocycles. The number of aromatic nitrogens is 3. The molecule has 0 aliphatic heterocycles. The van der Waals surface area contributed by atoms with Crippen LogP contribution in [0.4, 0.5) is 10.1 Å². The minimum atomic E-state index is -0.441. The second-order valence-electron chi connectivity index (χ2n) is 7.36. The van der Waals surface area contributed by atoms with Crippen LogP contribution in [0.25, 0.3) is 17.1 Å². The number of carbonyl (C=O) groups excluding carboxylic acids is 1. The summed E-state index contributed by atoms with van der Waals surface area (Å²) in [4.78, 5) is 17.3. The molecule has 0 saturated heterocycles. The van der Waals surface area contributed by atoms with Gasteiger partial charge < -0.3 is 5.32 Å². The van der Waals surface area contributed by atoms with Gasteiger partial charge >= 0.3 is 0 Å². The first kappa shape index (κ1) is 20.8. The Labute approximate surface area is 184 Å². The fourth-order valence-corrected chi connectivity index (χ4v) is 3.27. The third-order valence-electron chi connectivity index (χ3n) is 5.08. The van der Waals surface area contributed by atoms with Crippen LogP contribution in [0.3, 0.4) is 0 Å². The summed E-state index contributed by atoms with van der Waals surface area (Å²) < 4.78 is 15.0. The normalized spacial score (nSPS) is 10.9. The molecule has 1 aromatic heterocycles. The number of hydrogen-bond donors (Lipinski definition) is 1. The maximum absolute atomic E-state index is 13.4. The zero-order valence-corrected chi connectivity index (χ0v) is 18.0. The summed E-state index contributed by atoms with van der Waals surface area (Å²) in [5.74, 6) is -0.399. The average Bonchev–Trinajstić information content (AvgIpc) is 3.19. The quantitative estimate of drug-likeness (QED) is 0.434. The summed E-state index contributed by atoms with van der Waals surface area (Å²) in [6.45, 7) is 5.88. The van der Waals surface area contributed by atoms with Crippen molar-refractivity contribution in [3.8, 4) is 17.1 Å². The molecular formula is C24H20ClFN4O. The van der Waals surface area contributed by atoms with Gasteiger partial charge in [-0.1, -0.05) is 23.7 Å². The predicted octanol–water partition coefficient (Wildman–Crippen LogP) is 5.90. The Bertz CT molecular complexity index is 1280. The molecule has 1 heterocycles. The van der Waals surface area contributed by atoms with Gasteiger partial charge in [-0.25, -0.2) is 14.1 Å². The van der Waals surface area contributed by atoms with Crippen molar-refractivity contribution < 1.29 is 9.18 Å². The van der Waals surface area contributed by atoms with Crippen molar-refractivity contribution in [2.75, 3.05) is 5.32 Å². The number of halogens is 2. The Morgan fingerprint density at radius 2 is 1.65 bits per heavy atom. The van der Waals surface area contributed by atoms with Gasteiger partial charge in [-0.15, -0.1) is 5.10 Å². The van der Waals surface area contributed by atoms with Crippen LogP contribution in [0.1, 0.15) is 27.3 Å². The number of benzene rings is 3. The summed E-state index contributed by atoms with van der Waals surface area (Å²) in [6.07, 6.45) is 0. The van der Waals surface area contributed by atoms with Gasteiger partial charge in [0.1, 0.15) is 5.82 Å². The number of rotatable bonds is 4. The third-order valence-corrected chi connectivity index (χ3v) is 5.48.